The topological polar surface area (TPSA) is 46.2 Å². The molecule has 0 aromatic carbocycles. The molecule has 0 aliphatic heterocycles. The number of nitrogens with one attached hydrogen (secondary N) is 1. The lowest BCUT2D eigenvalue weighted by atomic mass is 9.87. The minimum atomic E-state index is -0.0866. The predicted molar refractivity (Wildman–Crippen MR) is 99.3 cm³/mol. The summed E-state index contributed by atoms with van der Waals surface area (Å²) in [7, 11) is 0. The van der Waals surface area contributed by atoms with Crippen LogP contribution < -0.4 is 5.32 Å². The second kappa shape index (κ2) is 13.6. The van der Waals surface area contributed by atoms with Gasteiger partial charge in [0.2, 0.25) is 5.91 Å². The van der Waals surface area contributed by atoms with E-state index in [1.807, 2.05) is 0 Å². The molecule has 1 amide bonds. The van der Waals surface area contributed by atoms with Gasteiger partial charge in [0.1, 0.15) is 0 Å². The monoisotopic (exact) mass is 339 g/mol. The van der Waals surface area contributed by atoms with Gasteiger partial charge in [-0.15, -0.1) is 0 Å². The van der Waals surface area contributed by atoms with Crippen molar-refractivity contribution in [3.8, 4) is 0 Å². The lowest BCUT2D eigenvalue weighted by Gasteiger charge is -2.19. The lowest BCUT2D eigenvalue weighted by molar-refractivity contribution is -0.116. The van der Waals surface area contributed by atoms with Gasteiger partial charge >= 0.3 is 0 Å². The van der Waals surface area contributed by atoms with Crippen LogP contribution in [0.15, 0.2) is 11.5 Å². The third-order valence-electron chi connectivity index (χ3n) is 4.43. The van der Waals surface area contributed by atoms with Gasteiger partial charge in [-0.3, -0.25) is 9.59 Å². The van der Waals surface area contributed by atoms with Crippen molar-refractivity contribution in [2.45, 2.75) is 84.0 Å². The number of carbonyl (C=O) groups is 2. The SMILES string of the molecule is CCCCCCCCNC(=O)C=CSC(=O)CC1CCCCC1. The highest BCUT2D eigenvalue weighted by molar-refractivity contribution is 8.16. The van der Waals surface area contributed by atoms with Crippen LogP contribution in [0.5, 0.6) is 0 Å². The van der Waals surface area contributed by atoms with E-state index in [-0.39, 0.29) is 11.0 Å². The summed E-state index contributed by atoms with van der Waals surface area (Å²) in [6.07, 6.45) is 15.7. The van der Waals surface area contributed by atoms with E-state index in [9.17, 15) is 9.59 Å². The van der Waals surface area contributed by atoms with Crippen molar-refractivity contribution in [3.63, 3.8) is 0 Å². The van der Waals surface area contributed by atoms with Crippen LogP contribution in [0.3, 0.4) is 0 Å². The maximum absolute atomic E-state index is 11.9. The fraction of sp³-hybridized carbons (Fsp3) is 0.789. The van der Waals surface area contributed by atoms with E-state index in [1.165, 1.54) is 82.0 Å². The summed E-state index contributed by atoms with van der Waals surface area (Å²) in [5.41, 5.74) is 0. The molecule has 3 nitrogen and oxygen atoms in total. The fourth-order valence-electron chi connectivity index (χ4n) is 3.02. The highest BCUT2D eigenvalue weighted by Crippen LogP contribution is 2.28. The Bertz CT molecular complexity index is 362. The zero-order valence-electron chi connectivity index (χ0n) is 14.6. The molecule has 23 heavy (non-hydrogen) atoms. The highest BCUT2D eigenvalue weighted by atomic mass is 32.2. The molecule has 1 saturated carbocycles. The van der Waals surface area contributed by atoms with E-state index in [1.54, 1.807) is 5.41 Å². The summed E-state index contributed by atoms with van der Waals surface area (Å²) in [6.45, 7) is 2.94. The lowest BCUT2D eigenvalue weighted by Crippen LogP contribution is -2.21. The average Bonchev–Trinajstić information content (AvgIpc) is 2.55. The molecule has 1 N–H and O–H groups in total. The van der Waals surface area contributed by atoms with Crippen LogP contribution in [0, 0.1) is 5.92 Å². The third-order valence-corrected chi connectivity index (χ3v) is 5.13. The van der Waals surface area contributed by atoms with Crippen molar-refractivity contribution in [3.05, 3.63) is 11.5 Å². The van der Waals surface area contributed by atoms with Crippen LogP contribution in [0.1, 0.15) is 84.0 Å². The Kier molecular flexibility index (Phi) is 12.0. The molecular weight excluding hydrogens is 306 g/mol. The van der Waals surface area contributed by atoms with Gasteiger partial charge in [-0.25, -0.2) is 0 Å². The minimum absolute atomic E-state index is 0.0866. The number of hydrogen-bond donors (Lipinski definition) is 1. The first-order valence-corrected chi connectivity index (χ1v) is 10.2. The maximum Gasteiger partial charge on any atom is 0.244 e. The van der Waals surface area contributed by atoms with Crippen LogP contribution in [0.25, 0.3) is 0 Å². The number of amides is 1. The average molecular weight is 340 g/mol. The number of unbranched alkanes of at least 4 members (excludes halogenated alkanes) is 5. The minimum Gasteiger partial charge on any atom is -0.353 e. The number of hydrogen-bond acceptors (Lipinski definition) is 3. The third kappa shape index (κ3) is 11.4. The van der Waals surface area contributed by atoms with Crippen molar-refractivity contribution in [2.24, 2.45) is 5.92 Å². The smallest absolute Gasteiger partial charge is 0.244 e. The van der Waals surface area contributed by atoms with Gasteiger partial charge in [-0.1, -0.05) is 70.1 Å². The second-order valence-electron chi connectivity index (χ2n) is 6.56. The second-order valence-corrected chi connectivity index (χ2v) is 7.52. The van der Waals surface area contributed by atoms with E-state index < -0.39 is 0 Å². The molecule has 4 heteroatoms. The van der Waals surface area contributed by atoms with Gasteiger partial charge in [0, 0.05) is 19.0 Å². The molecule has 0 heterocycles. The molecule has 0 atom stereocenters. The predicted octanol–water partition coefficient (Wildman–Crippen LogP) is 5.21. The van der Waals surface area contributed by atoms with Gasteiger partial charge in [0.25, 0.3) is 0 Å². The van der Waals surface area contributed by atoms with Crippen molar-refractivity contribution in [1.82, 2.24) is 5.32 Å². The van der Waals surface area contributed by atoms with Gasteiger partial charge in [0.15, 0.2) is 5.12 Å². The Morgan fingerprint density at radius 1 is 1.04 bits per heavy atom. The molecule has 0 bridgehead atoms. The van der Waals surface area contributed by atoms with Gasteiger partial charge in [0.05, 0.1) is 0 Å². The van der Waals surface area contributed by atoms with Crippen LogP contribution in [0.2, 0.25) is 0 Å². The molecule has 1 rings (SSSR count). The molecule has 0 radical (unpaired) electrons. The number of carbonyl (C=O) groups excluding carboxylic acids is 2. The molecule has 1 aliphatic carbocycles. The molecule has 132 valence electrons. The van der Waals surface area contributed by atoms with E-state index in [2.05, 4.69) is 12.2 Å². The highest BCUT2D eigenvalue weighted by Gasteiger charge is 2.16. The van der Waals surface area contributed by atoms with E-state index in [0.29, 0.717) is 12.3 Å². The molecule has 1 fully saturated rings. The van der Waals surface area contributed by atoms with E-state index >= 15 is 0 Å². The van der Waals surface area contributed by atoms with E-state index in [4.69, 9.17) is 0 Å². The molecule has 0 aromatic rings. The largest absolute Gasteiger partial charge is 0.353 e. The summed E-state index contributed by atoms with van der Waals surface area (Å²) >= 11 is 1.17. The van der Waals surface area contributed by atoms with Gasteiger partial charge in [-0.05, 0) is 30.6 Å². The van der Waals surface area contributed by atoms with Gasteiger partial charge < -0.3 is 5.32 Å². The summed E-state index contributed by atoms with van der Waals surface area (Å²) < 4.78 is 0. The van der Waals surface area contributed by atoms with Crippen molar-refractivity contribution in [1.29, 1.82) is 0 Å². The van der Waals surface area contributed by atoms with Crippen LogP contribution in [-0.2, 0) is 9.59 Å². The first kappa shape index (κ1) is 20.3. The Morgan fingerprint density at radius 2 is 1.74 bits per heavy atom. The van der Waals surface area contributed by atoms with Gasteiger partial charge in [-0.2, -0.15) is 0 Å². The van der Waals surface area contributed by atoms with Crippen LogP contribution >= 0.6 is 11.8 Å². The van der Waals surface area contributed by atoms with Crippen LogP contribution in [0.4, 0.5) is 0 Å². The Hall–Kier alpha value is -0.770. The van der Waals surface area contributed by atoms with Crippen LogP contribution in [-0.4, -0.2) is 17.6 Å². The van der Waals surface area contributed by atoms with Crippen molar-refractivity contribution < 1.29 is 9.59 Å². The Balaban J connectivity index is 2.00. The number of rotatable bonds is 11. The number of thioether (sulfide) groups is 1. The zero-order chi connectivity index (χ0) is 16.8. The summed E-state index contributed by atoms with van der Waals surface area (Å²) in [5.74, 6) is 0.482. The first-order valence-electron chi connectivity index (χ1n) is 9.36. The molecule has 0 unspecified atom stereocenters. The maximum atomic E-state index is 11.9. The van der Waals surface area contributed by atoms with Crippen molar-refractivity contribution in [2.75, 3.05) is 6.54 Å². The standard InChI is InChI=1S/C19H33NO2S/c1-2-3-4-5-6-10-14-20-18(21)13-15-23-19(22)16-17-11-8-7-9-12-17/h13,15,17H,2-12,14,16H2,1H3,(H,20,21). The molecule has 1 aliphatic rings. The Morgan fingerprint density at radius 3 is 2.48 bits per heavy atom. The first-order chi connectivity index (χ1) is 11.2. The normalized spacial score (nSPS) is 15.9. The summed E-state index contributed by atoms with van der Waals surface area (Å²) in [4.78, 5) is 23.5. The summed E-state index contributed by atoms with van der Waals surface area (Å²) in [6, 6.07) is 0. The quantitative estimate of drug-likeness (QED) is 0.415. The molecular formula is C19H33NO2S. The molecule has 0 aromatic heterocycles. The zero-order valence-corrected chi connectivity index (χ0v) is 15.5. The fourth-order valence-corrected chi connectivity index (χ4v) is 3.70. The molecule has 0 spiro atoms. The van der Waals surface area contributed by atoms with Crippen molar-refractivity contribution >= 4 is 22.8 Å². The molecule has 0 saturated heterocycles. The van der Waals surface area contributed by atoms with E-state index in [0.717, 1.165) is 13.0 Å². The summed E-state index contributed by atoms with van der Waals surface area (Å²) in [5, 5.41) is 4.71. The Labute approximate surface area is 146 Å².